The molecular weight excluding hydrogens is 231 g/mol. The molecule has 0 radical (unpaired) electrons. The molecule has 1 rings (SSSR count). The summed E-state index contributed by atoms with van der Waals surface area (Å²) in [7, 11) is 0. The van der Waals surface area contributed by atoms with E-state index in [4.69, 9.17) is 23.2 Å². The van der Waals surface area contributed by atoms with Crippen molar-refractivity contribution >= 4 is 29.0 Å². The number of halogens is 2. The van der Waals surface area contributed by atoms with Crippen molar-refractivity contribution in [3.63, 3.8) is 0 Å². The number of ketones is 1. The number of hydrogen-bond donors (Lipinski definition) is 0. The van der Waals surface area contributed by atoms with Gasteiger partial charge in [0.05, 0.1) is 10.0 Å². The van der Waals surface area contributed by atoms with Gasteiger partial charge in [-0.2, -0.15) is 0 Å². The lowest BCUT2D eigenvalue weighted by molar-refractivity contribution is 0.0913. The Bertz CT molecular complexity index is 357. The predicted octanol–water partition coefficient (Wildman–Crippen LogP) is 4.61. The van der Waals surface area contributed by atoms with Crippen LogP contribution in [0.3, 0.4) is 0 Å². The molecule has 0 aliphatic heterocycles. The lowest BCUT2D eigenvalue weighted by Crippen LogP contribution is -2.13. The first-order valence-corrected chi connectivity index (χ1v) is 5.85. The van der Waals surface area contributed by atoms with Gasteiger partial charge >= 0.3 is 0 Å². The van der Waals surface area contributed by atoms with Gasteiger partial charge in [0, 0.05) is 11.5 Å². The molecule has 0 saturated heterocycles. The molecule has 1 aromatic carbocycles. The van der Waals surface area contributed by atoms with Crippen molar-refractivity contribution in [3.05, 3.63) is 33.8 Å². The van der Waals surface area contributed by atoms with E-state index in [0.717, 1.165) is 12.8 Å². The summed E-state index contributed by atoms with van der Waals surface area (Å²) in [5.74, 6) is 0.133. The van der Waals surface area contributed by atoms with E-state index < -0.39 is 0 Å². The average Bonchev–Trinajstić information content (AvgIpc) is 2.23. The molecule has 0 N–H and O–H groups in total. The van der Waals surface area contributed by atoms with E-state index in [1.54, 1.807) is 18.2 Å². The normalized spacial score (nSPS) is 10.7. The summed E-state index contributed by atoms with van der Waals surface area (Å²) in [4.78, 5) is 12.0. The Morgan fingerprint density at radius 2 is 1.87 bits per heavy atom. The first kappa shape index (κ1) is 12.5. The summed E-state index contributed by atoms with van der Waals surface area (Å²) in [6.45, 7) is 4.01. The van der Waals surface area contributed by atoms with E-state index in [9.17, 15) is 4.79 Å². The van der Waals surface area contributed by atoms with Gasteiger partial charge in [0.15, 0.2) is 5.78 Å². The fourth-order valence-corrected chi connectivity index (χ4v) is 1.97. The van der Waals surface area contributed by atoms with Crippen LogP contribution in [0.1, 0.15) is 37.0 Å². The van der Waals surface area contributed by atoms with Crippen LogP contribution in [0.4, 0.5) is 0 Å². The minimum absolute atomic E-state index is 0.0426. The Morgan fingerprint density at radius 3 is 2.40 bits per heavy atom. The molecule has 1 aromatic rings. The number of rotatable bonds is 4. The molecule has 0 amide bonds. The first-order chi connectivity index (χ1) is 7.11. The molecule has 0 bridgehead atoms. The fraction of sp³-hybridized carbons (Fsp3) is 0.417. The van der Waals surface area contributed by atoms with E-state index in [2.05, 4.69) is 0 Å². The maximum absolute atomic E-state index is 12.0. The van der Waals surface area contributed by atoms with Gasteiger partial charge < -0.3 is 0 Å². The van der Waals surface area contributed by atoms with Crippen LogP contribution in [0.5, 0.6) is 0 Å². The van der Waals surface area contributed by atoms with Crippen LogP contribution in [-0.4, -0.2) is 5.78 Å². The molecule has 0 aliphatic carbocycles. The second kappa shape index (κ2) is 5.53. The number of carbonyl (C=O) groups excluding carboxylic acids is 1. The van der Waals surface area contributed by atoms with Crippen molar-refractivity contribution in [2.45, 2.75) is 26.7 Å². The number of hydrogen-bond acceptors (Lipinski definition) is 1. The maximum Gasteiger partial charge on any atom is 0.167 e. The zero-order chi connectivity index (χ0) is 11.4. The Morgan fingerprint density at radius 1 is 1.27 bits per heavy atom. The third-order valence-corrected chi connectivity index (χ3v) is 3.39. The van der Waals surface area contributed by atoms with E-state index in [-0.39, 0.29) is 11.7 Å². The molecule has 0 aliphatic rings. The van der Waals surface area contributed by atoms with Crippen LogP contribution >= 0.6 is 23.2 Å². The van der Waals surface area contributed by atoms with Crippen molar-refractivity contribution in [1.29, 1.82) is 0 Å². The molecule has 0 saturated carbocycles. The van der Waals surface area contributed by atoms with Gasteiger partial charge in [-0.15, -0.1) is 0 Å². The molecule has 0 aromatic heterocycles. The average molecular weight is 245 g/mol. The van der Waals surface area contributed by atoms with Gasteiger partial charge in [0.25, 0.3) is 0 Å². The van der Waals surface area contributed by atoms with Crippen molar-refractivity contribution in [1.82, 2.24) is 0 Å². The lowest BCUT2D eigenvalue weighted by atomic mass is 9.93. The largest absolute Gasteiger partial charge is 0.294 e. The van der Waals surface area contributed by atoms with Crippen LogP contribution in [0.15, 0.2) is 18.2 Å². The van der Waals surface area contributed by atoms with Crippen LogP contribution in [0.2, 0.25) is 10.0 Å². The Hall–Kier alpha value is -0.530. The molecule has 0 fully saturated rings. The topological polar surface area (TPSA) is 17.1 Å². The second-order valence-electron chi connectivity index (χ2n) is 3.48. The highest BCUT2D eigenvalue weighted by Gasteiger charge is 2.19. The number of Topliss-reactive ketones (excluding diaryl/α,β-unsaturated/α-hetero) is 1. The van der Waals surface area contributed by atoms with E-state index >= 15 is 0 Å². The summed E-state index contributed by atoms with van der Waals surface area (Å²) < 4.78 is 0. The van der Waals surface area contributed by atoms with Crippen LogP contribution in [0.25, 0.3) is 0 Å². The smallest absolute Gasteiger partial charge is 0.167 e. The highest BCUT2D eigenvalue weighted by Crippen LogP contribution is 2.28. The van der Waals surface area contributed by atoms with E-state index in [1.807, 2.05) is 13.8 Å². The third kappa shape index (κ3) is 2.73. The van der Waals surface area contributed by atoms with Crippen LogP contribution in [-0.2, 0) is 0 Å². The molecule has 0 heterocycles. The molecule has 0 atom stereocenters. The zero-order valence-electron chi connectivity index (χ0n) is 8.89. The highest BCUT2D eigenvalue weighted by molar-refractivity contribution is 6.43. The fourth-order valence-electron chi connectivity index (χ4n) is 1.57. The van der Waals surface area contributed by atoms with E-state index in [0.29, 0.717) is 15.6 Å². The molecule has 82 valence electrons. The summed E-state index contributed by atoms with van der Waals surface area (Å²) in [5, 5.41) is 0.810. The molecule has 3 heteroatoms. The third-order valence-electron chi connectivity index (χ3n) is 2.57. The van der Waals surface area contributed by atoms with Gasteiger partial charge in [0.1, 0.15) is 0 Å². The summed E-state index contributed by atoms with van der Waals surface area (Å²) in [6.07, 6.45) is 1.66. The van der Waals surface area contributed by atoms with Crippen molar-refractivity contribution in [2.75, 3.05) is 0 Å². The molecule has 1 nitrogen and oxygen atoms in total. The van der Waals surface area contributed by atoms with Gasteiger partial charge in [-0.25, -0.2) is 0 Å². The summed E-state index contributed by atoms with van der Waals surface area (Å²) >= 11 is 11.9. The monoisotopic (exact) mass is 244 g/mol. The number of carbonyl (C=O) groups is 1. The SMILES string of the molecule is CCC(CC)C(=O)c1cccc(Cl)c1Cl. The maximum atomic E-state index is 12.0. The minimum atomic E-state index is 0.0426. The van der Waals surface area contributed by atoms with Crippen LogP contribution < -0.4 is 0 Å². The molecule has 0 spiro atoms. The van der Waals surface area contributed by atoms with Crippen LogP contribution in [0, 0.1) is 5.92 Å². The van der Waals surface area contributed by atoms with Crippen molar-refractivity contribution in [3.8, 4) is 0 Å². The highest BCUT2D eigenvalue weighted by atomic mass is 35.5. The number of benzene rings is 1. The molecule has 15 heavy (non-hydrogen) atoms. The Kier molecular flexibility index (Phi) is 4.62. The van der Waals surface area contributed by atoms with Gasteiger partial charge in [0.2, 0.25) is 0 Å². The van der Waals surface area contributed by atoms with Gasteiger partial charge in [-0.3, -0.25) is 4.79 Å². The lowest BCUT2D eigenvalue weighted by Gasteiger charge is -2.12. The summed E-state index contributed by atoms with van der Waals surface area (Å²) in [6, 6.07) is 5.17. The predicted molar refractivity (Wildman–Crippen MR) is 64.9 cm³/mol. The van der Waals surface area contributed by atoms with E-state index in [1.165, 1.54) is 0 Å². The quantitative estimate of drug-likeness (QED) is 0.708. The molecular formula is C12H14Cl2O. The van der Waals surface area contributed by atoms with Crippen molar-refractivity contribution in [2.24, 2.45) is 5.92 Å². The van der Waals surface area contributed by atoms with Crippen molar-refractivity contribution < 1.29 is 4.79 Å². The minimum Gasteiger partial charge on any atom is -0.294 e. The zero-order valence-corrected chi connectivity index (χ0v) is 10.4. The molecule has 0 unspecified atom stereocenters. The first-order valence-electron chi connectivity index (χ1n) is 5.10. The summed E-state index contributed by atoms with van der Waals surface area (Å²) in [5.41, 5.74) is 0.540. The van der Waals surface area contributed by atoms with Gasteiger partial charge in [-0.1, -0.05) is 43.1 Å². The van der Waals surface area contributed by atoms with Gasteiger partial charge in [-0.05, 0) is 25.0 Å². The standard InChI is InChI=1S/C12H14Cl2O/c1-3-8(4-2)12(15)9-6-5-7-10(13)11(9)14/h5-8H,3-4H2,1-2H3. The Labute approximate surface area is 100 Å². The second-order valence-corrected chi connectivity index (χ2v) is 4.26. The Balaban J connectivity index is 3.05.